The summed E-state index contributed by atoms with van der Waals surface area (Å²) in [5.74, 6) is 1.73. The van der Waals surface area contributed by atoms with Gasteiger partial charge in [-0.25, -0.2) is 0 Å². The van der Waals surface area contributed by atoms with Crippen molar-refractivity contribution >= 4 is 17.2 Å². The lowest BCUT2D eigenvalue weighted by molar-refractivity contribution is 0.0626. The lowest BCUT2D eigenvalue weighted by atomic mass is 9.94. The third-order valence-corrected chi connectivity index (χ3v) is 4.85. The Morgan fingerprint density at radius 2 is 2.33 bits per heavy atom. The summed E-state index contributed by atoms with van der Waals surface area (Å²) in [6, 6.07) is 3.56. The van der Waals surface area contributed by atoms with Crippen molar-refractivity contribution in [3.8, 4) is 11.4 Å². The summed E-state index contributed by atoms with van der Waals surface area (Å²) in [5, 5.41) is 11.6. The molecule has 24 heavy (non-hydrogen) atoms. The number of hydrogen-bond acceptors (Lipinski definition) is 7. The molecule has 0 spiro atoms. The molecule has 124 valence electrons. The van der Waals surface area contributed by atoms with Gasteiger partial charge in [0.1, 0.15) is 0 Å². The third kappa shape index (κ3) is 3.09. The molecule has 1 amide bonds. The zero-order chi connectivity index (χ0) is 16.4. The van der Waals surface area contributed by atoms with Crippen LogP contribution >= 0.6 is 11.3 Å². The molecule has 1 unspecified atom stereocenters. The second-order valence-corrected chi connectivity index (χ2v) is 6.64. The van der Waals surface area contributed by atoms with E-state index in [-0.39, 0.29) is 11.7 Å². The Labute approximate surface area is 142 Å². The fourth-order valence-electron chi connectivity index (χ4n) is 2.99. The normalized spacial score (nSPS) is 18.0. The third-order valence-electron chi connectivity index (χ3n) is 4.17. The molecule has 7 nitrogen and oxygen atoms in total. The first kappa shape index (κ1) is 15.1. The van der Waals surface area contributed by atoms with Crippen molar-refractivity contribution in [3.63, 3.8) is 0 Å². The predicted octanol–water partition coefficient (Wildman–Crippen LogP) is 2.88. The number of likely N-dealkylation sites (tertiary alicyclic amines) is 1. The van der Waals surface area contributed by atoms with Crippen LogP contribution < -0.4 is 0 Å². The van der Waals surface area contributed by atoms with Crippen LogP contribution in [0.25, 0.3) is 11.4 Å². The molecular formula is C16H16N4O3S. The van der Waals surface area contributed by atoms with Gasteiger partial charge in [-0.15, -0.1) is 0 Å². The molecule has 8 heteroatoms. The maximum absolute atomic E-state index is 12.4. The minimum atomic E-state index is -0.110. The van der Waals surface area contributed by atoms with Crippen LogP contribution in [0.4, 0.5) is 0 Å². The van der Waals surface area contributed by atoms with Crippen molar-refractivity contribution in [2.45, 2.75) is 19.3 Å². The van der Waals surface area contributed by atoms with Gasteiger partial charge < -0.3 is 13.9 Å². The van der Waals surface area contributed by atoms with E-state index in [4.69, 9.17) is 9.05 Å². The average molecular weight is 344 g/mol. The van der Waals surface area contributed by atoms with Gasteiger partial charge in [0.15, 0.2) is 0 Å². The number of piperidine rings is 1. The summed E-state index contributed by atoms with van der Waals surface area (Å²) in [6.07, 6.45) is 4.16. The molecule has 0 N–H and O–H groups in total. The molecule has 0 bridgehead atoms. The molecule has 1 saturated heterocycles. The highest BCUT2D eigenvalue weighted by Crippen LogP contribution is 2.24. The van der Waals surface area contributed by atoms with E-state index in [2.05, 4.69) is 15.3 Å². The van der Waals surface area contributed by atoms with Gasteiger partial charge in [0.25, 0.3) is 5.91 Å². The Morgan fingerprint density at radius 3 is 3.12 bits per heavy atom. The Kier molecular flexibility index (Phi) is 4.12. The molecule has 1 aliphatic rings. The zero-order valence-electron chi connectivity index (χ0n) is 12.9. The van der Waals surface area contributed by atoms with Crippen LogP contribution in [-0.4, -0.2) is 39.2 Å². The maximum atomic E-state index is 12.4. The second kappa shape index (κ2) is 6.56. The van der Waals surface area contributed by atoms with E-state index in [1.165, 1.54) is 6.20 Å². The summed E-state index contributed by atoms with van der Waals surface area (Å²) in [5.41, 5.74) is 0.973. The summed E-state index contributed by atoms with van der Waals surface area (Å²) >= 11 is 1.60. The number of nitrogens with zero attached hydrogens (tertiary/aromatic N) is 4. The highest BCUT2D eigenvalue weighted by Gasteiger charge is 2.27. The van der Waals surface area contributed by atoms with E-state index in [1.54, 1.807) is 17.4 Å². The van der Waals surface area contributed by atoms with E-state index in [9.17, 15) is 4.79 Å². The van der Waals surface area contributed by atoms with Crippen molar-refractivity contribution in [2.75, 3.05) is 13.1 Å². The minimum absolute atomic E-state index is 0.110. The largest absolute Gasteiger partial charge is 0.351 e. The summed E-state index contributed by atoms with van der Waals surface area (Å²) < 4.78 is 10.3. The quantitative estimate of drug-likeness (QED) is 0.723. The molecule has 4 heterocycles. The zero-order valence-corrected chi connectivity index (χ0v) is 13.7. The minimum Gasteiger partial charge on any atom is -0.351 e. The standard InChI is InChI=1S/C16H16N4O3S/c21-16(13-3-5-17-22-13)20-6-1-2-11(9-20)8-14-18-15(19-23-14)12-4-7-24-10-12/h3-5,7,10-11H,1-2,6,8-9H2. The Hall–Kier alpha value is -2.48. The van der Waals surface area contributed by atoms with Crippen molar-refractivity contribution in [1.82, 2.24) is 20.2 Å². The lowest BCUT2D eigenvalue weighted by Gasteiger charge is -2.31. The fourth-order valence-corrected chi connectivity index (χ4v) is 3.63. The maximum Gasteiger partial charge on any atom is 0.292 e. The van der Waals surface area contributed by atoms with Crippen molar-refractivity contribution < 1.29 is 13.8 Å². The molecule has 0 aliphatic carbocycles. The highest BCUT2D eigenvalue weighted by molar-refractivity contribution is 7.08. The monoisotopic (exact) mass is 344 g/mol. The van der Waals surface area contributed by atoms with E-state index in [1.807, 2.05) is 21.7 Å². The van der Waals surface area contributed by atoms with E-state index < -0.39 is 0 Å². The smallest absolute Gasteiger partial charge is 0.292 e. The van der Waals surface area contributed by atoms with Gasteiger partial charge in [-0.2, -0.15) is 16.3 Å². The number of hydrogen-bond donors (Lipinski definition) is 0. The number of aromatic nitrogens is 3. The van der Waals surface area contributed by atoms with Crippen LogP contribution in [0.2, 0.25) is 0 Å². The number of carbonyl (C=O) groups excluding carboxylic acids is 1. The van der Waals surface area contributed by atoms with Crippen LogP contribution in [0.1, 0.15) is 29.3 Å². The lowest BCUT2D eigenvalue weighted by Crippen LogP contribution is -2.40. The number of carbonyl (C=O) groups is 1. The van der Waals surface area contributed by atoms with Crippen LogP contribution in [-0.2, 0) is 6.42 Å². The molecule has 3 aromatic heterocycles. The van der Waals surface area contributed by atoms with Crippen molar-refractivity contribution in [2.24, 2.45) is 5.92 Å². The van der Waals surface area contributed by atoms with Crippen molar-refractivity contribution in [1.29, 1.82) is 0 Å². The summed E-state index contributed by atoms with van der Waals surface area (Å²) in [6.45, 7) is 1.40. The molecule has 3 aromatic rings. The number of rotatable bonds is 4. The van der Waals surface area contributed by atoms with Gasteiger partial charge in [-0.3, -0.25) is 4.79 Å². The molecule has 1 aliphatic heterocycles. The van der Waals surface area contributed by atoms with Crippen LogP contribution in [0, 0.1) is 5.92 Å². The van der Waals surface area contributed by atoms with Crippen LogP contribution in [0.3, 0.4) is 0 Å². The first-order valence-electron chi connectivity index (χ1n) is 7.84. The van der Waals surface area contributed by atoms with Crippen molar-refractivity contribution in [3.05, 3.63) is 40.7 Å². The van der Waals surface area contributed by atoms with E-state index >= 15 is 0 Å². The van der Waals surface area contributed by atoms with Gasteiger partial charge in [0.2, 0.25) is 17.5 Å². The molecule has 4 rings (SSSR count). The summed E-state index contributed by atoms with van der Waals surface area (Å²) in [4.78, 5) is 18.6. The molecule has 1 atom stereocenters. The topological polar surface area (TPSA) is 85.3 Å². The number of thiophene rings is 1. The molecule has 0 aromatic carbocycles. The predicted molar refractivity (Wildman–Crippen MR) is 86.4 cm³/mol. The average Bonchev–Trinajstić information content (AvgIpc) is 3.35. The highest BCUT2D eigenvalue weighted by atomic mass is 32.1. The number of amides is 1. The van der Waals surface area contributed by atoms with E-state index in [0.717, 1.165) is 24.9 Å². The van der Waals surface area contributed by atoms with Crippen LogP contribution in [0.5, 0.6) is 0 Å². The van der Waals surface area contributed by atoms with Gasteiger partial charge in [0.05, 0.1) is 6.20 Å². The fraction of sp³-hybridized carbons (Fsp3) is 0.375. The Balaban J connectivity index is 1.41. The SMILES string of the molecule is O=C(c1ccno1)N1CCCC(Cc2nc(-c3ccsc3)no2)C1. The van der Waals surface area contributed by atoms with Gasteiger partial charge >= 0.3 is 0 Å². The van der Waals surface area contributed by atoms with Gasteiger partial charge in [0, 0.05) is 36.5 Å². The summed E-state index contributed by atoms with van der Waals surface area (Å²) in [7, 11) is 0. The van der Waals surface area contributed by atoms with Gasteiger partial charge in [-0.05, 0) is 30.2 Å². The Bertz CT molecular complexity index is 797. The molecular weight excluding hydrogens is 328 g/mol. The first-order chi connectivity index (χ1) is 11.8. The second-order valence-electron chi connectivity index (χ2n) is 5.86. The van der Waals surface area contributed by atoms with Gasteiger partial charge in [-0.1, -0.05) is 10.3 Å². The van der Waals surface area contributed by atoms with E-state index in [0.29, 0.717) is 30.6 Å². The molecule has 0 saturated carbocycles. The van der Waals surface area contributed by atoms with Crippen LogP contribution in [0.15, 0.2) is 38.1 Å². The first-order valence-corrected chi connectivity index (χ1v) is 8.79. The Morgan fingerprint density at radius 1 is 1.38 bits per heavy atom. The molecule has 0 radical (unpaired) electrons. The molecule has 1 fully saturated rings.